The van der Waals surface area contributed by atoms with Crippen LogP contribution in [0.2, 0.25) is 0 Å². The molecule has 86 valence electrons. The van der Waals surface area contributed by atoms with Crippen LogP contribution in [0.4, 0.5) is 20.6 Å². The molecule has 6 heteroatoms. The number of benzene rings is 1. The molecule has 0 unspecified atom stereocenters. The molecule has 0 aliphatic carbocycles. The Kier molecular flexibility index (Phi) is 2.66. The number of aliphatic hydroxyl groups excluding tert-OH is 1. The number of hydrogen-bond acceptors (Lipinski definition) is 4. The molecule has 1 atom stereocenters. The van der Waals surface area contributed by atoms with Gasteiger partial charge in [0.2, 0.25) is 0 Å². The molecule has 1 saturated heterocycles. The minimum atomic E-state index is -0.594. The van der Waals surface area contributed by atoms with Gasteiger partial charge in [-0.25, -0.2) is 9.18 Å². The van der Waals surface area contributed by atoms with Gasteiger partial charge in [0.05, 0.1) is 24.5 Å². The molecule has 0 spiro atoms. The lowest BCUT2D eigenvalue weighted by Crippen LogP contribution is -2.25. The summed E-state index contributed by atoms with van der Waals surface area (Å²) >= 11 is 0. The molecule has 0 aromatic heterocycles. The quantitative estimate of drug-likeness (QED) is 0.729. The predicted octanol–water partition coefficient (Wildman–Crippen LogP) is 0.725. The minimum Gasteiger partial charge on any atom is -0.441 e. The molecule has 1 aromatic carbocycles. The van der Waals surface area contributed by atoms with Gasteiger partial charge in [-0.1, -0.05) is 0 Å². The van der Waals surface area contributed by atoms with Crippen LogP contribution in [-0.4, -0.2) is 30.5 Å². The summed E-state index contributed by atoms with van der Waals surface area (Å²) in [6.45, 7) is -0.0433. The van der Waals surface area contributed by atoms with Crippen LogP contribution in [0.15, 0.2) is 18.2 Å². The van der Waals surface area contributed by atoms with Gasteiger partial charge in [-0.15, -0.1) is 0 Å². The number of rotatable bonds is 2. The Morgan fingerprint density at radius 2 is 2.38 bits per heavy atom. The Morgan fingerprint density at radius 3 is 2.94 bits per heavy atom. The number of carbonyl (C=O) groups is 1. The third kappa shape index (κ3) is 1.79. The van der Waals surface area contributed by atoms with E-state index in [1.807, 2.05) is 0 Å². The topological polar surface area (TPSA) is 75.8 Å². The van der Waals surface area contributed by atoms with Gasteiger partial charge in [-0.05, 0) is 18.2 Å². The predicted molar refractivity (Wildman–Crippen MR) is 55.5 cm³/mol. The summed E-state index contributed by atoms with van der Waals surface area (Å²) in [5.74, 6) is -0.585. The summed E-state index contributed by atoms with van der Waals surface area (Å²) in [5, 5.41) is 8.85. The first-order chi connectivity index (χ1) is 7.61. The fourth-order valence-electron chi connectivity index (χ4n) is 1.51. The summed E-state index contributed by atoms with van der Waals surface area (Å²) in [5.41, 5.74) is 5.72. The molecular formula is C10H11FN2O3. The Morgan fingerprint density at radius 1 is 1.62 bits per heavy atom. The number of nitrogens with zero attached hydrogens (tertiary/aromatic N) is 1. The van der Waals surface area contributed by atoms with Gasteiger partial charge in [0.25, 0.3) is 0 Å². The zero-order valence-electron chi connectivity index (χ0n) is 8.39. The number of amides is 1. The molecule has 5 nitrogen and oxygen atoms in total. The van der Waals surface area contributed by atoms with E-state index < -0.39 is 18.0 Å². The van der Waals surface area contributed by atoms with Crippen LogP contribution in [0, 0.1) is 5.82 Å². The second kappa shape index (κ2) is 3.97. The molecule has 1 aliphatic heterocycles. The molecule has 2 rings (SSSR count). The number of hydrogen-bond donors (Lipinski definition) is 2. The van der Waals surface area contributed by atoms with Crippen molar-refractivity contribution in [3.63, 3.8) is 0 Å². The molecule has 16 heavy (non-hydrogen) atoms. The van der Waals surface area contributed by atoms with E-state index >= 15 is 0 Å². The smallest absolute Gasteiger partial charge is 0.414 e. The van der Waals surface area contributed by atoms with Crippen molar-refractivity contribution in [1.29, 1.82) is 0 Å². The molecule has 1 aromatic rings. The van der Waals surface area contributed by atoms with E-state index in [9.17, 15) is 9.18 Å². The maximum Gasteiger partial charge on any atom is 0.414 e. The summed E-state index contributed by atoms with van der Waals surface area (Å²) < 4.78 is 18.0. The van der Waals surface area contributed by atoms with E-state index in [-0.39, 0.29) is 18.8 Å². The number of anilines is 2. The number of halogens is 1. The van der Waals surface area contributed by atoms with Crippen molar-refractivity contribution in [3.05, 3.63) is 24.0 Å². The highest BCUT2D eigenvalue weighted by molar-refractivity contribution is 5.89. The van der Waals surface area contributed by atoms with E-state index in [0.29, 0.717) is 5.69 Å². The summed E-state index contributed by atoms with van der Waals surface area (Å²) in [7, 11) is 0. The van der Waals surface area contributed by atoms with Crippen LogP contribution < -0.4 is 10.6 Å². The molecule has 1 aliphatic rings. The van der Waals surface area contributed by atoms with Crippen LogP contribution in [0.1, 0.15) is 0 Å². The van der Waals surface area contributed by atoms with Crippen molar-refractivity contribution in [2.75, 3.05) is 23.8 Å². The Balaban J connectivity index is 2.24. The molecule has 3 N–H and O–H groups in total. The second-order valence-corrected chi connectivity index (χ2v) is 3.50. The summed E-state index contributed by atoms with van der Waals surface area (Å²) in [6, 6.07) is 4.07. The third-order valence-electron chi connectivity index (χ3n) is 2.37. The summed E-state index contributed by atoms with van der Waals surface area (Å²) in [4.78, 5) is 12.6. The maximum absolute atomic E-state index is 13.2. The van der Waals surface area contributed by atoms with Gasteiger partial charge in [0.15, 0.2) is 0 Å². The highest BCUT2D eigenvalue weighted by Gasteiger charge is 2.31. The number of cyclic esters (lactones) is 1. The normalized spacial score (nSPS) is 20.0. The number of ether oxygens (including phenoxy) is 1. The van der Waals surface area contributed by atoms with Crippen molar-refractivity contribution in [3.8, 4) is 0 Å². The molecule has 0 radical (unpaired) electrons. The van der Waals surface area contributed by atoms with E-state index in [4.69, 9.17) is 15.6 Å². The zero-order chi connectivity index (χ0) is 11.7. The second-order valence-electron chi connectivity index (χ2n) is 3.50. The monoisotopic (exact) mass is 226 g/mol. The number of carbonyl (C=O) groups excluding carboxylic acids is 1. The first kappa shape index (κ1) is 10.7. The molecule has 1 heterocycles. The molecule has 1 fully saturated rings. The Bertz CT molecular complexity index is 425. The van der Waals surface area contributed by atoms with E-state index in [1.165, 1.54) is 17.0 Å². The van der Waals surface area contributed by atoms with Gasteiger partial charge in [0, 0.05) is 0 Å². The molecule has 0 bridgehead atoms. The van der Waals surface area contributed by atoms with Crippen molar-refractivity contribution in [2.24, 2.45) is 0 Å². The summed E-state index contributed by atoms with van der Waals surface area (Å²) in [6.07, 6.45) is -1.16. The average molecular weight is 226 g/mol. The van der Waals surface area contributed by atoms with Crippen LogP contribution in [-0.2, 0) is 4.74 Å². The van der Waals surface area contributed by atoms with Crippen LogP contribution >= 0.6 is 0 Å². The van der Waals surface area contributed by atoms with Crippen molar-refractivity contribution < 1.29 is 19.0 Å². The standard InChI is InChI=1S/C10H11FN2O3/c11-8-3-6(1-2-9(8)12)13-4-7(5-14)16-10(13)15/h1-3,7,14H,4-5,12H2/t7-/m1/s1. The van der Waals surface area contributed by atoms with E-state index in [0.717, 1.165) is 6.07 Å². The molecule has 1 amide bonds. The SMILES string of the molecule is Nc1ccc(N2C[C@H](CO)OC2=O)cc1F. The lowest BCUT2D eigenvalue weighted by atomic mass is 10.2. The zero-order valence-corrected chi connectivity index (χ0v) is 8.39. The highest BCUT2D eigenvalue weighted by Crippen LogP contribution is 2.24. The van der Waals surface area contributed by atoms with Crippen LogP contribution in [0.5, 0.6) is 0 Å². The van der Waals surface area contributed by atoms with Gasteiger partial charge >= 0.3 is 6.09 Å². The van der Waals surface area contributed by atoms with Gasteiger partial charge in [-0.2, -0.15) is 0 Å². The van der Waals surface area contributed by atoms with Crippen LogP contribution in [0.3, 0.4) is 0 Å². The molecule has 0 saturated carbocycles. The fourth-order valence-corrected chi connectivity index (χ4v) is 1.51. The number of aliphatic hydroxyl groups is 1. The van der Waals surface area contributed by atoms with Crippen LogP contribution in [0.25, 0.3) is 0 Å². The Hall–Kier alpha value is -1.82. The fraction of sp³-hybridized carbons (Fsp3) is 0.300. The van der Waals surface area contributed by atoms with Crippen molar-refractivity contribution in [1.82, 2.24) is 0 Å². The third-order valence-corrected chi connectivity index (χ3v) is 2.37. The first-order valence-corrected chi connectivity index (χ1v) is 4.76. The van der Waals surface area contributed by atoms with Crippen molar-refractivity contribution >= 4 is 17.5 Å². The number of nitrogens with two attached hydrogens (primary N) is 1. The lowest BCUT2D eigenvalue weighted by Gasteiger charge is -2.13. The maximum atomic E-state index is 13.2. The first-order valence-electron chi connectivity index (χ1n) is 4.76. The van der Waals surface area contributed by atoms with Crippen molar-refractivity contribution in [2.45, 2.75) is 6.10 Å². The average Bonchev–Trinajstić information content (AvgIpc) is 2.64. The van der Waals surface area contributed by atoms with Gasteiger partial charge in [-0.3, -0.25) is 4.90 Å². The van der Waals surface area contributed by atoms with E-state index in [1.54, 1.807) is 0 Å². The Labute approximate surface area is 91.2 Å². The molecular weight excluding hydrogens is 215 g/mol. The van der Waals surface area contributed by atoms with Gasteiger partial charge in [0.1, 0.15) is 11.9 Å². The number of nitrogen functional groups attached to an aromatic ring is 1. The van der Waals surface area contributed by atoms with E-state index in [2.05, 4.69) is 0 Å². The highest BCUT2D eigenvalue weighted by atomic mass is 19.1. The largest absolute Gasteiger partial charge is 0.441 e. The lowest BCUT2D eigenvalue weighted by molar-refractivity contribution is 0.0963. The minimum absolute atomic E-state index is 0.0232. The van der Waals surface area contributed by atoms with Gasteiger partial charge < -0.3 is 15.6 Å².